The lowest BCUT2D eigenvalue weighted by Gasteiger charge is -2.36. The van der Waals surface area contributed by atoms with Crippen LogP contribution in [-0.2, 0) is 0 Å². The highest BCUT2D eigenvalue weighted by Crippen LogP contribution is 2.23. The molecule has 7 heteroatoms. The predicted molar refractivity (Wildman–Crippen MR) is 109 cm³/mol. The van der Waals surface area contributed by atoms with Gasteiger partial charge in [0.05, 0.1) is 5.69 Å². The van der Waals surface area contributed by atoms with E-state index in [0.29, 0.717) is 18.9 Å². The second-order valence-corrected chi connectivity index (χ2v) is 7.07. The van der Waals surface area contributed by atoms with Gasteiger partial charge in [-0.1, -0.05) is 30.3 Å². The molecule has 2 heterocycles. The average Bonchev–Trinajstić information content (AvgIpc) is 3.16. The highest BCUT2D eigenvalue weighted by Gasteiger charge is 2.27. The van der Waals surface area contributed by atoms with E-state index in [1.165, 1.54) is 10.5 Å². The maximum Gasteiger partial charge on any atom is 0.360 e. The SMILES string of the molecule is Cc1ccc(C)c(-n2nc(C(=O)O)c(N3CCN(c4ccccc4)CC3)n2)c1. The Morgan fingerprint density at radius 3 is 2.29 bits per heavy atom. The minimum Gasteiger partial charge on any atom is -0.476 e. The number of aromatic nitrogens is 3. The zero-order valence-electron chi connectivity index (χ0n) is 16.0. The van der Waals surface area contributed by atoms with E-state index in [4.69, 9.17) is 0 Å². The Morgan fingerprint density at radius 1 is 0.929 bits per heavy atom. The molecular formula is C21H23N5O2. The van der Waals surface area contributed by atoms with Crippen LogP contribution in [0, 0.1) is 13.8 Å². The second kappa shape index (κ2) is 7.34. The van der Waals surface area contributed by atoms with E-state index in [2.05, 4.69) is 27.2 Å². The number of aryl methyl sites for hydroxylation is 2. The number of hydrogen-bond donors (Lipinski definition) is 1. The molecule has 0 bridgehead atoms. The molecule has 0 amide bonds. The van der Waals surface area contributed by atoms with Crippen LogP contribution < -0.4 is 9.80 Å². The molecule has 144 valence electrons. The van der Waals surface area contributed by atoms with Crippen LogP contribution in [0.15, 0.2) is 48.5 Å². The van der Waals surface area contributed by atoms with Gasteiger partial charge < -0.3 is 14.9 Å². The van der Waals surface area contributed by atoms with E-state index in [1.54, 1.807) is 0 Å². The highest BCUT2D eigenvalue weighted by atomic mass is 16.4. The molecule has 4 rings (SSSR count). The van der Waals surface area contributed by atoms with Gasteiger partial charge in [-0.2, -0.15) is 0 Å². The third kappa shape index (κ3) is 3.43. The Kier molecular flexibility index (Phi) is 4.73. The number of aromatic carboxylic acids is 1. The molecule has 3 aromatic rings. The Morgan fingerprint density at radius 2 is 1.61 bits per heavy atom. The fraction of sp³-hybridized carbons (Fsp3) is 0.286. The number of rotatable bonds is 4. The van der Waals surface area contributed by atoms with Crippen molar-refractivity contribution in [1.82, 2.24) is 15.0 Å². The molecule has 1 aromatic heterocycles. The molecule has 7 nitrogen and oxygen atoms in total. The lowest BCUT2D eigenvalue weighted by molar-refractivity contribution is 0.0690. The highest BCUT2D eigenvalue weighted by molar-refractivity contribution is 5.91. The summed E-state index contributed by atoms with van der Waals surface area (Å²) in [4.78, 5) is 17.6. The fourth-order valence-electron chi connectivity index (χ4n) is 3.51. The summed E-state index contributed by atoms with van der Waals surface area (Å²) in [6.45, 7) is 6.96. The predicted octanol–water partition coefficient (Wildman–Crippen LogP) is 2.91. The maximum atomic E-state index is 11.8. The zero-order valence-corrected chi connectivity index (χ0v) is 16.0. The number of anilines is 2. The Balaban J connectivity index is 1.60. The van der Waals surface area contributed by atoms with Gasteiger partial charge in [-0.05, 0) is 43.2 Å². The van der Waals surface area contributed by atoms with Crippen LogP contribution in [-0.4, -0.2) is 52.2 Å². The third-order valence-corrected chi connectivity index (χ3v) is 5.08. The van der Waals surface area contributed by atoms with Gasteiger partial charge >= 0.3 is 5.97 Å². The lowest BCUT2D eigenvalue weighted by atomic mass is 10.1. The number of carboxylic acids is 1. The number of para-hydroxylation sites is 1. The van der Waals surface area contributed by atoms with Crippen LogP contribution in [0.25, 0.3) is 5.69 Å². The molecule has 0 atom stereocenters. The van der Waals surface area contributed by atoms with E-state index in [0.717, 1.165) is 29.9 Å². The molecule has 1 N–H and O–H groups in total. The Labute approximate surface area is 163 Å². The fourth-order valence-corrected chi connectivity index (χ4v) is 3.51. The van der Waals surface area contributed by atoms with Crippen LogP contribution in [0.2, 0.25) is 0 Å². The van der Waals surface area contributed by atoms with Crippen LogP contribution in [0.5, 0.6) is 0 Å². The number of piperazine rings is 1. The van der Waals surface area contributed by atoms with E-state index < -0.39 is 5.97 Å². The zero-order chi connectivity index (χ0) is 19.7. The summed E-state index contributed by atoms with van der Waals surface area (Å²) in [5, 5.41) is 18.5. The van der Waals surface area contributed by atoms with Crippen LogP contribution in [0.4, 0.5) is 11.5 Å². The van der Waals surface area contributed by atoms with E-state index >= 15 is 0 Å². The third-order valence-electron chi connectivity index (χ3n) is 5.08. The molecule has 0 spiro atoms. The first-order chi connectivity index (χ1) is 13.5. The van der Waals surface area contributed by atoms with Gasteiger partial charge in [-0.15, -0.1) is 15.0 Å². The smallest absolute Gasteiger partial charge is 0.360 e. The summed E-state index contributed by atoms with van der Waals surface area (Å²) >= 11 is 0. The van der Waals surface area contributed by atoms with Crippen molar-refractivity contribution in [3.05, 3.63) is 65.4 Å². The van der Waals surface area contributed by atoms with E-state index in [9.17, 15) is 9.90 Å². The van der Waals surface area contributed by atoms with Crippen molar-refractivity contribution in [2.75, 3.05) is 36.0 Å². The number of carbonyl (C=O) groups is 1. The van der Waals surface area contributed by atoms with Crippen LogP contribution in [0.1, 0.15) is 21.6 Å². The first kappa shape index (κ1) is 18.0. The summed E-state index contributed by atoms with van der Waals surface area (Å²) in [5.41, 5.74) is 4.05. The molecule has 1 fully saturated rings. The number of hydrogen-bond acceptors (Lipinski definition) is 5. The number of carboxylic acid groups (broad SMARTS) is 1. The molecule has 28 heavy (non-hydrogen) atoms. The molecular weight excluding hydrogens is 354 g/mol. The van der Waals surface area contributed by atoms with Gasteiger partial charge in [-0.25, -0.2) is 4.79 Å². The van der Waals surface area contributed by atoms with Crippen molar-refractivity contribution in [1.29, 1.82) is 0 Å². The molecule has 2 aromatic carbocycles. The van der Waals surface area contributed by atoms with Crippen LogP contribution in [0.3, 0.4) is 0 Å². The molecule has 1 aliphatic rings. The molecule has 0 saturated carbocycles. The van der Waals surface area contributed by atoms with Gasteiger partial charge in [-0.3, -0.25) is 0 Å². The summed E-state index contributed by atoms with van der Waals surface area (Å²) in [6, 6.07) is 16.2. The minimum atomic E-state index is -1.06. The van der Waals surface area contributed by atoms with Crippen molar-refractivity contribution < 1.29 is 9.90 Å². The summed E-state index contributed by atoms with van der Waals surface area (Å²) in [7, 11) is 0. The quantitative estimate of drug-likeness (QED) is 0.754. The van der Waals surface area contributed by atoms with Gasteiger partial charge in [0.15, 0.2) is 5.82 Å². The first-order valence-electron chi connectivity index (χ1n) is 9.36. The minimum absolute atomic E-state index is 0.00549. The molecule has 1 saturated heterocycles. The number of nitrogens with zero attached hydrogens (tertiary/aromatic N) is 5. The average molecular weight is 377 g/mol. The summed E-state index contributed by atoms with van der Waals surface area (Å²) < 4.78 is 0. The maximum absolute atomic E-state index is 11.8. The molecule has 0 aliphatic carbocycles. The van der Waals surface area contributed by atoms with Crippen molar-refractivity contribution in [3.63, 3.8) is 0 Å². The van der Waals surface area contributed by atoms with Gasteiger partial charge in [0.25, 0.3) is 0 Å². The van der Waals surface area contributed by atoms with Gasteiger partial charge in [0.2, 0.25) is 5.69 Å². The van der Waals surface area contributed by atoms with Crippen molar-refractivity contribution in [2.24, 2.45) is 0 Å². The topological polar surface area (TPSA) is 74.5 Å². The number of benzene rings is 2. The standard InChI is InChI=1S/C21H23N5O2/c1-15-8-9-16(2)18(14-15)26-22-19(21(27)28)20(23-26)25-12-10-24(11-13-25)17-6-4-3-5-7-17/h3-9,14H,10-13H2,1-2H3,(H,27,28). The van der Waals surface area contributed by atoms with Crippen molar-refractivity contribution >= 4 is 17.5 Å². The molecule has 0 radical (unpaired) electrons. The largest absolute Gasteiger partial charge is 0.476 e. The molecule has 0 unspecified atom stereocenters. The van der Waals surface area contributed by atoms with Crippen LogP contribution >= 0.6 is 0 Å². The van der Waals surface area contributed by atoms with E-state index in [-0.39, 0.29) is 5.69 Å². The Bertz CT molecular complexity index is 991. The van der Waals surface area contributed by atoms with Gasteiger partial charge in [0.1, 0.15) is 0 Å². The monoisotopic (exact) mass is 377 g/mol. The van der Waals surface area contributed by atoms with Crippen molar-refractivity contribution in [3.8, 4) is 5.69 Å². The van der Waals surface area contributed by atoms with E-state index in [1.807, 2.05) is 55.1 Å². The summed E-state index contributed by atoms with van der Waals surface area (Å²) in [6.07, 6.45) is 0. The molecule has 1 aliphatic heterocycles. The lowest BCUT2D eigenvalue weighted by Crippen LogP contribution is -2.47. The normalized spacial score (nSPS) is 14.4. The van der Waals surface area contributed by atoms with Gasteiger partial charge in [0, 0.05) is 31.9 Å². The first-order valence-corrected chi connectivity index (χ1v) is 9.36. The second-order valence-electron chi connectivity index (χ2n) is 7.07. The Hall–Kier alpha value is -3.35. The van der Waals surface area contributed by atoms with Crippen molar-refractivity contribution in [2.45, 2.75) is 13.8 Å². The summed E-state index contributed by atoms with van der Waals surface area (Å²) in [5.74, 6) is -0.627.